The van der Waals surface area contributed by atoms with Crippen molar-refractivity contribution >= 4 is 39.3 Å². The van der Waals surface area contributed by atoms with Crippen molar-refractivity contribution in [3.8, 4) is 0 Å². The van der Waals surface area contributed by atoms with E-state index in [4.69, 9.17) is 0 Å². The Morgan fingerprint density at radius 1 is 0.941 bits per heavy atom. The van der Waals surface area contributed by atoms with Gasteiger partial charge in [0.25, 0.3) is 11.8 Å². The molecule has 0 aliphatic carbocycles. The van der Waals surface area contributed by atoms with Gasteiger partial charge in [-0.25, -0.2) is 8.42 Å². The number of hydrogen-bond donors (Lipinski definition) is 1. The molecule has 0 saturated heterocycles. The molecule has 1 aromatic heterocycles. The molecule has 0 fully saturated rings. The first kappa shape index (κ1) is 23.1. The molecule has 174 valence electrons. The van der Waals surface area contributed by atoms with Crippen LogP contribution in [-0.4, -0.2) is 53.1 Å². The molecule has 0 radical (unpaired) electrons. The zero-order valence-corrected chi connectivity index (χ0v) is 18.9. The number of hydrogen-bond acceptors (Lipinski definition) is 6. The molecule has 0 atom stereocenters. The minimum Gasteiger partial charge on any atom is -0.323 e. The van der Waals surface area contributed by atoms with Crippen LogP contribution in [-0.2, 0) is 21.2 Å². The molecule has 34 heavy (non-hydrogen) atoms. The number of carbonyl (C=O) groups excluding carboxylic acids is 3. The van der Waals surface area contributed by atoms with Crippen LogP contribution in [0.2, 0.25) is 0 Å². The largest absolute Gasteiger partial charge is 0.323 e. The standard InChI is InChI=1S/C24H22N4O5S/c29-22(11-15-34(32,33)14-10-18-6-2-1-3-7-18)26-19-16-25-27(17-19)12-13-28-23(30)20-8-4-5-9-21(20)24(28)31/h1-10,14,16-17H,11-13,15H2,(H,26,29). The van der Waals surface area contributed by atoms with E-state index >= 15 is 0 Å². The van der Waals surface area contributed by atoms with Gasteiger partial charge in [0.15, 0.2) is 9.84 Å². The Labute approximate surface area is 196 Å². The maximum Gasteiger partial charge on any atom is 0.261 e. The fourth-order valence-corrected chi connectivity index (χ4v) is 4.44. The zero-order chi connectivity index (χ0) is 24.1. The van der Waals surface area contributed by atoms with Gasteiger partial charge in [0.05, 0.1) is 35.3 Å². The van der Waals surface area contributed by atoms with Crippen molar-refractivity contribution < 1.29 is 22.8 Å². The van der Waals surface area contributed by atoms with Crippen molar-refractivity contribution in [2.45, 2.75) is 13.0 Å². The Morgan fingerprint density at radius 2 is 1.59 bits per heavy atom. The summed E-state index contributed by atoms with van der Waals surface area (Å²) in [6.07, 6.45) is 4.26. The molecule has 2 heterocycles. The molecule has 0 saturated carbocycles. The quantitative estimate of drug-likeness (QED) is 0.472. The fourth-order valence-electron chi connectivity index (χ4n) is 3.47. The molecule has 3 amide bonds. The van der Waals surface area contributed by atoms with Crippen molar-refractivity contribution in [1.82, 2.24) is 14.7 Å². The minimum atomic E-state index is -3.54. The molecule has 0 unspecified atom stereocenters. The van der Waals surface area contributed by atoms with Gasteiger partial charge >= 0.3 is 0 Å². The van der Waals surface area contributed by atoms with E-state index in [2.05, 4.69) is 10.4 Å². The van der Waals surface area contributed by atoms with Crippen LogP contribution in [0.15, 0.2) is 72.4 Å². The lowest BCUT2D eigenvalue weighted by molar-refractivity contribution is -0.115. The molecule has 0 bridgehead atoms. The van der Waals surface area contributed by atoms with Gasteiger partial charge in [-0.3, -0.25) is 24.0 Å². The normalized spacial score (nSPS) is 13.5. The van der Waals surface area contributed by atoms with Gasteiger partial charge in [-0.1, -0.05) is 42.5 Å². The van der Waals surface area contributed by atoms with E-state index < -0.39 is 15.7 Å². The monoisotopic (exact) mass is 478 g/mol. The van der Waals surface area contributed by atoms with Gasteiger partial charge in [0.2, 0.25) is 5.91 Å². The summed E-state index contributed by atoms with van der Waals surface area (Å²) in [5, 5.41) is 7.84. The molecule has 1 aliphatic rings. The number of aromatic nitrogens is 2. The van der Waals surface area contributed by atoms with Gasteiger partial charge in [-0.2, -0.15) is 5.10 Å². The van der Waals surface area contributed by atoms with E-state index in [0.717, 1.165) is 11.0 Å². The van der Waals surface area contributed by atoms with E-state index in [9.17, 15) is 22.8 Å². The second kappa shape index (κ2) is 9.84. The number of benzene rings is 2. The highest BCUT2D eigenvalue weighted by Crippen LogP contribution is 2.22. The van der Waals surface area contributed by atoms with E-state index in [1.54, 1.807) is 54.7 Å². The number of fused-ring (bicyclic) bond motifs is 1. The number of imide groups is 1. The number of sulfone groups is 1. The summed E-state index contributed by atoms with van der Waals surface area (Å²) >= 11 is 0. The number of rotatable bonds is 9. The summed E-state index contributed by atoms with van der Waals surface area (Å²) in [6, 6.07) is 15.7. The predicted molar refractivity (Wildman–Crippen MR) is 127 cm³/mol. The first-order valence-corrected chi connectivity index (χ1v) is 12.3. The number of nitrogens with one attached hydrogen (secondary N) is 1. The summed E-state index contributed by atoms with van der Waals surface area (Å²) in [5.74, 6) is -1.47. The predicted octanol–water partition coefficient (Wildman–Crippen LogP) is 2.59. The highest BCUT2D eigenvalue weighted by molar-refractivity contribution is 7.94. The third kappa shape index (κ3) is 5.46. The molecule has 1 aliphatic heterocycles. The maximum absolute atomic E-state index is 12.4. The summed E-state index contributed by atoms with van der Waals surface area (Å²) < 4.78 is 25.8. The van der Waals surface area contributed by atoms with Crippen LogP contribution in [0.4, 0.5) is 5.69 Å². The van der Waals surface area contributed by atoms with Crippen LogP contribution >= 0.6 is 0 Å². The summed E-state index contributed by atoms with van der Waals surface area (Å²) in [4.78, 5) is 38.2. The van der Waals surface area contributed by atoms with Gasteiger partial charge in [0, 0.05) is 24.6 Å². The van der Waals surface area contributed by atoms with Crippen molar-refractivity contribution in [3.05, 3.63) is 89.1 Å². The molecule has 9 nitrogen and oxygen atoms in total. The van der Waals surface area contributed by atoms with Crippen LogP contribution in [0.1, 0.15) is 32.7 Å². The first-order chi connectivity index (χ1) is 16.3. The fraction of sp³-hybridized carbons (Fsp3) is 0.167. The Morgan fingerprint density at radius 3 is 2.26 bits per heavy atom. The van der Waals surface area contributed by atoms with Gasteiger partial charge in [-0.05, 0) is 23.8 Å². The van der Waals surface area contributed by atoms with Crippen molar-refractivity contribution in [2.24, 2.45) is 0 Å². The van der Waals surface area contributed by atoms with E-state index in [1.165, 1.54) is 21.9 Å². The number of anilines is 1. The number of carbonyl (C=O) groups is 3. The van der Waals surface area contributed by atoms with Crippen molar-refractivity contribution in [2.75, 3.05) is 17.6 Å². The molecule has 3 aromatic rings. The average Bonchev–Trinajstić information content (AvgIpc) is 3.38. The van der Waals surface area contributed by atoms with Crippen molar-refractivity contribution in [3.63, 3.8) is 0 Å². The molecule has 10 heteroatoms. The van der Waals surface area contributed by atoms with Crippen molar-refractivity contribution in [1.29, 1.82) is 0 Å². The van der Waals surface area contributed by atoms with E-state index in [0.29, 0.717) is 16.8 Å². The molecular weight excluding hydrogens is 456 g/mol. The van der Waals surface area contributed by atoms with Crippen LogP contribution in [0.3, 0.4) is 0 Å². The number of amides is 3. The third-order valence-corrected chi connectivity index (χ3v) is 6.55. The smallest absolute Gasteiger partial charge is 0.261 e. The number of nitrogens with zero attached hydrogens (tertiary/aromatic N) is 3. The first-order valence-electron chi connectivity index (χ1n) is 10.6. The SMILES string of the molecule is O=C(CCS(=O)(=O)C=Cc1ccccc1)Nc1cnn(CCN2C(=O)c3ccccc3C2=O)c1. The van der Waals surface area contributed by atoms with Crippen LogP contribution in [0, 0.1) is 0 Å². The molecule has 1 N–H and O–H groups in total. The highest BCUT2D eigenvalue weighted by Gasteiger charge is 2.34. The van der Waals surface area contributed by atoms with Crippen LogP contribution in [0.25, 0.3) is 6.08 Å². The van der Waals surface area contributed by atoms with Crippen LogP contribution in [0.5, 0.6) is 0 Å². The van der Waals surface area contributed by atoms with Gasteiger partial charge in [-0.15, -0.1) is 0 Å². The maximum atomic E-state index is 12.4. The molecular formula is C24H22N4O5S. The van der Waals surface area contributed by atoms with E-state index in [1.807, 2.05) is 6.07 Å². The topological polar surface area (TPSA) is 118 Å². The molecule has 4 rings (SSSR count). The zero-order valence-electron chi connectivity index (χ0n) is 18.1. The average molecular weight is 479 g/mol. The Hall–Kier alpha value is -4.05. The Bertz CT molecular complexity index is 1330. The lowest BCUT2D eigenvalue weighted by atomic mass is 10.1. The minimum absolute atomic E-state index is 0.132. The highest BCUT2D eigenvalue weighted by atomic mass is 32.2. The summed E-state index contributed by atoms with van der Waals surface area (Å²) in [7, 11) is -3.54. The summed E-state index contributed by atoms with van der Waals surface area (Å²) in [5.41, 5.74) is 1.91. The summed E-state index contributed by atoms with van der Waals surface area (Å²) in [6.45, 7) is 0.382. The Balaban J connectivity index is 1.26. The van der Waals surface area contributed by atoms with Gasteiger partial charge < -0.3 is 5.32 Å². The van der Waals surface area contributed by atoms with Crippen LogP contribution < -0.4 is 5.32 Å². The van der Waals surface area contributed by atoms with E-state index in [-0.39, 0.29) is 37.1 Å². The van der Waals surface area contributed by atoms with Gasteiger partial charge in [0.1, 0.15) is 0 Å². The lowest BCUT2D eigenvalue weighted by Crippen LogP contribution is -2.33. The lowest BCUT2D eigenvalue weighted by Gasteiger charge is -2.13. The molecule has 2 aromatic carbocycles. The molecule has 0 spiro atoms. The third-order valence-electron chi connectivity index (χ3n) is 5.23. The Kier molecular flexibility index (Phi) is 6.69. The second-order valence-corrected chi connectivity index (χ2v) is 9.68. The second-order valence-electron chi connectivity index (χ2n) is 7.68.